The molecule has 2 aromatic heterocycles. The van der Waals surface area contributed by atoms with Gasteiger partial charge in [-0.1, -0.05) is 36.8 Å². The molecule has 1 aliphatic rings. The molecule has 0 bridgehead atoms. The van der Waals surface area contributed by atoms with Gasteiger partial charge in [0.15, 0.2) is 17.3 Å². The van der Waals surface area contributed by atoms with Crippen LogP contribution < -0.4 is 15.0 Å². The van der Waals surface area contributed by atoms with Crippen LogP contribution in [0.5, 0.6) is 11.5 Å². The fourth-order valence-corrected chi connectivity index (χ4v) is 5.28. The van der Waals surface area contributed by atoms with Crippen LogP contribution >= 0.6 is 0 Å². The number of fused-ring (bicyclic) bond motifs is 1. The van der Waals surface area contributed by atoms with Gasteiger partial charge in [-0.25, -0.2) is 4.68 Å². The molecule has 0 spiro atoms. The van der Waals surface area contributed by atoms with Crippen molar-refractivity contribution < 1.29 is 14.2 Å². The molecule has 1 saturated heterocycles. The topological polar surface area (TPSA) is 107 Å². The highest BCUT2D eigenvalue weighted by molar-refractivity contribution is 5.83. The Bertz CT molecular complexity index is 1460. The van der Waals surface area contributed by atoms with Gasteiger partial charge in [-0.05, 0) is 54.3 Å². The van der Waals surface area contributed by atoms with Crippen LogP contribution in [0.1, 0.15) is 54.7 Å². The Balaban J connectivity index is 1.51. The van der Waals surface area contributed by atoms with Gasteiger partial charge in [0.1, 0.15) is 0 Å². The van der Waals surface area contributed by atoms with Crippen LogP contribution in [0, 0.1) is 6.92 Å². The third-order valence-corrected chi connectivity index (χ3v) is 7.39. The average molecular weight is 533 g/mol. The quantitative estimate of drug-likeness (QED) is 0.307. The number of nitrogens with zero attached hydrogens (tertiary/aromatic N) is 5. The molecule has 4 aromatic rings. The van der Waals surface area contributed by atoms with E-state index in [1.165, 1.54) is 5.56 Å². The predicted octanol–water partition coefficient (Wildman–Crippen LogP) is 4.17. The number of ether oxygens (including phenoxy) is 3. The van der Waals surface area contributed by atoms with Gasteiger partial charge in [0.25, 0.3) is 5.56 Å². The molecule has 206 valence electrons. The molecule has 2 aromatic carbocycles. The SMILES string of the molecule is CC[C@H](c1nnnn1C[C@H]1CCCO1)N(Cc1ccc(C)cc1)Cc1cc2cc(OC)c(OC)cc2[nH]c1=O. The summed E-state index contributed by atoms with van der Waals surface area (Å²) in [6.07, 6.45) is 2.95. The van der Waals surface area contributed by atoms with E-state index in [0.717, 1.165) is 42.6 Å². The minimum atomic E-state index is -0.141. The summed E-state index contributed by atoms with van der Waals surface area (Å²) >= 11 is 0. The first-order valence-electron chi connectivity index (χ1n) is 13.4. The Morgan fingerprint density at radius 3 is 2.59 bits per heavy atom. The number of benzene rings is 2. The van der Waals surface area contributed by atoms with Gasteiger partial charge >= 0.3 is 0 Å². The van der Waals surface area contributed by atoms with E-state index in [2.05, 4.69) is 63.5 Å². The maximum atomic E-state index is 13.3. The molecule has 2 atom stereocenters. The summed E-state index contributed by atoms with van der Waals surface area (Å²) in [5.41, 5.74) is 3.56. The van der Waals surface area contributed by atoms with Gasteiger partial charge in [0.2, 0.25) is 0 Å². The second-order valence-corrected chi connectivity index (χ2v) is 10.1. The van der Waals surface area contributed by atoms with E-state index < -0.39 is 0 Å². The largest absolute Gasteiger partial charge is 0.493 e. The number of hydrogen-bond donors (Lipinski definition) is 1. The Morgan fingerprint density at radius 1 is 1.13 bits per heavy atom. The van der Waals surface area contributed by atoms with Gasteiger partial charge in [0, 0.05) is 36.7 Å². The van der Waals surface area contributed by atoms with E-state index in [0.29, 0.717) is 42.2 Å². The number of nitrogens with one attached hydrogen (secondary N) is 1. The lowest BCUT2D eigenvalue weighted by molar-refractivity contribution is 0.0888. The minimum Gasteiger partial charge on any atom is -0.493 e. The highest BCUT2D eigenvalue weighted by Gasteiger charge is 2.28. The van der Waals surface area contributed by atoms with Crippen LogP contribution in [0.3, 0.4) is 0 Å². The lowest BCUT2D eigenvalue weighted by atomic mass is 10.1. The summed E-state index contributed by atoms with van der Waals surface area (Å²) < 4.78 is 18.6. The minimum absolute atomic E-state index is 0.108. The van der Waals surface area contributed by atoms with Gasteiger partial charge in [-0.15, -0.1) is 5.10 Å². The average Bonchev–Trinajstić information content (AvgIpc) is 3.63. The van der Waals surface area contributed by atoms with Crippen LogP contribution in [-0.4, -0.2) is 57.0 Å². The van der Waals surface area contributed by atoms with E-state index in [9.17, 15) is 4.79 Å². The fourth-order valence-electron chi connectivity index (χ4n) is 5.28. The van der Waals surface area contributed by atoms with Gasteiger partial charge in [0.05, 0.1) is 38.4 Å². The predicted molar refractivity (Wildman–Crippen MR) is 148 cm³/mol. The van der Waals surface area contributed by atoms with Crippen molar-refractivity contribution >= 4 is 10.9 Å². The summed E-state index contributed by atoms with van der Waals surface area (Å²) in [6.45, 7) is 6.65. The molecule has 10 nitrogen and oxygen atoms in total. The molecule has 5 rings (SSSR count). The molecule has 1 N–H and O–H groups in total. The molecule has 39 heavy (non-hydrogen) atoms. The number of methoxy groups -OCH3 is 2. The normalized spacial score (nSPS) is 16.2. The van der Waals surface area contributed by atoms with Crippen molar-refractivity contribution in [3.63, 3.8) is 0 Å². The molecule has 0 radical (unpaired) electrons. The maximum absolute atomic E-state index is 13.3. The Hall–Kier alpha value is -3.76. The van der Waals surface area contributed by atoms with Crippen molar-refractivity contribution in [3.8, 4) is 11.5 Å². The Labute approximate surface area is 227 Å². The summed E-state index contributed by atoms with van der Waals surface area (Å²) in [5, 5.41) is 13.6. The maximum Gasteiger partial charge on any atom is 0.252 e. The van der Waals surface area contributed by atoms with Crippen molar-refractivity contribution in [2.45, 2.75) is 64.9 Å². The number of aryl methyl sites for hydroxylation is 1. The molecule has 0 amide bonds. The summed E-state index contributed by atoms with van der Waals surface area (Å²) in [4.78, 5) is 18.6. The van der Waals surface area contributed by atoms with Crippen LogP contribution in [-0.2, 0) is 24.4 Å². The number of aromatic nitrogens is 5. The van der Waals surface area contributed by atoms with E-state index in [4.69, 9.17) is 14.2 Å². The number of H-pyrrole nitrogens is 1. The zero-order valence-electron chi connectivity index (χ0n) is 23.0. The second kappa shape index (κ2) is 12.0. The van der Waals surface area contributed by atoms with Crippen molar-refractivity contribution in [1.29, 1.82) is 0 Å². The Kier molecular flexibility index (Phi) is 8.23. The van der Waals surface area contributed by atoms with Crippen molar-refractivity contribution in [2.75, 3.05) is 20.8 Å². The van der Waals surface area contributed by atoms with E-state index in [-0.39, 0.29) is 17.7 Å². The van der Waals surface area contributed by atoms with Crippen LogP contribution in [0.2, 0.25) is 0 Å². The summed E-state index contributed by atoms with van der Waals surface area (Å²) in [7, 11) is 3.18. The zero-order valence-corrected chi connectivity index (χ0v) is 23.0. The van der Waals surface area contributed by atoms with E-state index >= 15 is 0 Å². The van der Waals surface area contributed by atoms with Gasteiger partial charge in [-0.3, -0.25) is 9.69 Å². The van der Waals surface area contributed by atoms with Crippen molar-refractivity contribution in [2.24, 2.45) is 0 Å². The zero-order chi connectivity index (χ0) is 27.4. The summed E-state index contributed by atoms with van der Waals surface area (Å²) in [5.74, 6) is 1.96. The van der Waals surface area contributed by atoms with Gasteiger partial charge < -0.3 is 19.2 Å². The highest BCUT2D eigenvalue weighted by atomic mass is 16.5. The highest BCUT2D eigenvalue weighted by Crippen LogP contribution is 2.32. The molecular weight excluding hydrogens is 496 g/mol. The molecule has 0 unspecified atom stereocenters. The first-order chi connectivity index (χ1) is 19.0. The van der Waals surface area contributed by atoms with E-state index in [1.807, 2.05) is 16.8 Å². The number of aromatic amines is 1. The van der Waals surface area contributed by atoms with Gasteiger partial charge in [-0.2, -0.15) is 0 Å². The van der Waals surface area contributed by atoms with Crippen molar-refractivity contribution in [3.05, 3.63) is 75.3 Å². The molecule has 0 aliphatic carbocycles. The molecule has 1 fully saturated rings. The molecule has 0 saturated carbocycles. The number of hydrogen-bond acceptors (Lipinski definition) is 8. The molecule has 3 heterocycles. The molecular formula is C29H36N6O4. The lowest BCUT2D eigenvalue weighted by Gasteiger charge is -2.30. The van der Waals surface area contributed by atoms with Crippen LogP contribution in [0.25, 0.3) is 10.9 Å². The second-order valence-electron chi connectivity index (χ2n) is 10.1. The lowest BCUT2D eigenvalue weighted by Crippen LogP contribution is -2.33. The van der Waals surface area contributed by atoms with Crippen molar-refractivity contribution in [1.82, 2.24) is 30.1 Å². The Morgan fingerprint density at radius 2 is 1.90 bits per heavy atom. The first-order valence-corrected chi connectivity index (χ1v) is 13.4. The standard InChI is InChI=1S/C29H36N6O4/c1-5-25(28-31-32-33-35(28)18-23-7-6-12-39-23)34(16-20-10-8-19(2)9-11-20)17-22-13-21-14-26(37-3)27(38-4)15-24(21)30-29(22)36/h8-11,13-15,23,25H,5-7,12,16-18H2,1-4H3,(H,30,36)/t23-,25-/m1/s1. The third kappa shape index (κ3) is 5.97. The van der Waals surface area contributed by atoms with Crippen LogP contribution in [0.15, 0.2) is 47.3 Å². The number of pyridine rings is 1. The summed E-state index contributed by atoms with van der Waals surface area (Å²) in [6, 6.07) is 14.0. The van der Waals surface area contributed by atoms with Crippen LogP contribution in [0.4, 0.5) is 0 Å². The number of rotatable bonds is 11. The molecule has 10 heteroatoms. The fraction of sp³-hybridized carbons (Fsp3) is 0.448. The number of tetrazole rings is 1. The van der Waals surface area contributed by atoms with E-state index in [1.54, 1.807) is 20.3 Å². The first kappa shape index (κ1) is 26.8. The third-order valence-electron chi connectivity index (χ3n) is 7.39. The monoisotopic (exact) mass is 532 g/mol. The molecule has 1 aliphatic heterocycles. The smallest absolute Gasteiger partial charge is 0.252 e.